The average molecular weight is 466 g/mol. The van der Waals surface area contributed by atoms with Gasteiger partial charge in [0.05, 0.1) is 0 Å². The minimum atomic E-state index is 0. The Labute approximate surface area is 174 Å². The number of rotatable bonds is 6. The van der Waals surface area contributed by atoms with Crippen LogP contribution in [-0.4, -0.2) is 31.1 Å². The molecule has 0 radical (unpaired) electrons. The predicted octanol–water partition coefficient (Wildman–Crippen LogP) is 3.95. The van der Waals surface area contributed by atoms with Crippen LogP contribution >= 0.6 is 24.0 Å². The second kappa shape index (κ2) is 11.2. The Balaban J connectivity index is 0.00000338. The molecule has 0 unspecified atom stereocenters. The maximum Gasteiger partial charge on any atom is 0.190 e. The van der Waals surface area contributed by atoms with Gasteiger partial charge in [-0.1, -0.05) is 51.1 Å². The fourth-order valence-electron chi connectivity index (χ4n) is 2.59. The molecule has 0 spiro atoms. The van der Waals surface area contributed by atoms with Crippen LogP contribution in [0.25, 0.3) is 0 Å². The zero-order chi connectivity index (χ0) is 18.1. The molecule has 0 saturated heterocycles. The number of nitrogens with zero attached hydrogens (tertiary/aromatic N) is 2. The number of hydrogen-bond donors (Lipinski definition) is 2. The van der Waals surface area contributed by atoms with Gasteiger partial charge in [-0.2, -0.15) is 0 Å². The van der Waals surface area contributed by atoms with Crippen molar-refractivity contribution in [1.29, 1.82) is 0 Å². The van der Waals surface area contributed by atoms with Gasteiger partial charge in [-0.05, 0) is 41.0 Å². The quantitative estimate of drug-likeness (QED) is 0.385. The number of guanidine groups is 1. The van der Waals surface area contributed by atoms with E-state index in [2.05, 4.69) is 71.7 Å². The summed E-state index contributed by atoms with van der Waals surface area (Å²) in [6.45, 7) is 8.42. The summed E-state index contributed by atoms with van der Waals surface area (Å²) in [7, 11) is 1.80. The molecule has 5 heteroatoms. The first-order chi connectivity index (χ1) is 12.0. The van der Waals surface area contributed by atoms with Gasteiger partial charge in [0.2, 0.25) is 0 Å². The second-order valence-electron chi connectivity index (χ2n) is 7.23. The molecule has 2 aromatic rings. The molecule has 4 nitrogen and oxygen atoms in total. The first-order valence-electron chi connectivity index (χ1n) is 8.92. The van der Waals surface area contributed by atoms with Crippen LogP contribution in [0.3, 0.4) is 0 Å². The Morgan fingerprint density at radius 2 is 1.58 bits per heavy atom. The summed E-state index contributed by atoms with van der Waals surface area (Å²) >= 11 is 0. The number of pyridine rings is 1. The molecule has 2 rings (SSSR count). The Hall–Kier alpha value is -1.63. The zero-order valence-electron chi connectivity index (χ0n) is 16.2. The van der Waals surface area contributed by atoms with E-state index in [1.165, 1.54) is 16.7 Å². The Morgan fingerprint density at radius 1 is 0.962 bits per heavy atom. The average Bonchev–Trinajstić information content (AvgIpc) is 2.61. The molecule has 0 fully saturated rings. The van der Waals surface area contributed by atoms with Gasteiger partial charge in [0.15, 0.2) is 5.96 Å². The lowest BCUT2D eigenvalue weighted by molar-refractivity contribution is 0.590. The molecule has 142 valence electrons. The lowest BCUT2D eigenvalue weighted by Gasteiger charge is -2.19. The van der Waals surface area contributed by atoms with E-state index in [9.17, 15) is 0 Å². The lowest BCUT2D eigenvalue weighted by Crippen LogP contribution is -2.39. The van der Waals surface area contributed by atoms with E-state index < -0.39 is 0 Å². The predicted molar refractivity (Wildman–Crippen MR) is 122 cm³/mol. The number of hydrogen-bond acceptors (Lipinski definition) is 2. The second-order valence-corrected chi connectivity index (χ2v) is 7.23. The highest BCUT2D eigenvalue weighted by molar-refractivity contribution is 14.0. The van der Waals surface area contributed by atoms with Crippen molar-refractivity contribution >= 4 is 29.9 Å². The SMILES string of the molecule is CN=C(NCCc1ccc(C(C)(C)C)cc1)NCCc1cccnc1.I. The summed E-state index contributed by atoms with van der Waals surface area (Å²) in [6.07, 6.45) is 5.61. The van der Waals surface area contributed by atoms with Crippen LogP contribution in [0.4, 0.5) is 0 Å². The zero-order valence-corrected chi connectivity index (χ0v) is 18.6. The lowest BCUT2D eigenvalue weighted by atomic mass is 9.86. The topological polar surface area (TPSA) is 49.3 Å². The third-order valence-electron chi connectivity index (χ3n) is 4.18. The van der Waals surface area contributed by atoms with Crippen LogP contribution in [0, 0.1) is 0 Å². The molecular formula is C21H31IN4. The van der Waals surface area contributed by atoms with Crippen molar-refractivity contribution < 1.29 is 0 Å². The summed E-state index contributed by atoms with van der Waals surface area (Å²) in [6, 6.07) is 13.0. The van der Waals surface area contributed by atoms with Crippen LogP contribution in [0.15, 0.2) is 53.8 Å². The van der Waals surface area contributed by atoms with Gasteiger partial charge < -0.3 is 10.6 Å². The molecule has 1 aromatic heterocycles. The van der Waals surface area contributed by atoms with E-state index in [1.807, 2.05) is 12.3 Å². The molecular weight excluding hydrogens is 435 g/mol. The number of halogens is 1. The molecule has 1 aromatic carbocycles. The van der Waals surface area contributed by atoms with Gasteiger partial charge in [-0.3, -0.25) is 9.98 Å². The molecule has 0 atom stereocenters. The molecule has 0 amide bonds. The third kappa shape index (κ3) is 7.72. The molecule has 0 aliphatic rings. The molecule has 0 bridgehead atoms. The number of nitrogens with one attached hydrogen (secondary N) is 2. The Morgan fingerprint density at radius 3 is 2.08 bits per heavy atom. The van der Waals surface area contributed by atoms with Gasteiger partial charge in [-0.15, -0.1) is 24.0 Å². The summed E-state index contributed by atoms with van der Waals surface area (Å²) in [5.41, 5.74) is 4.14. The summed E-state index contributed by atoms with van der Waals surface area (Å²) < 4.78 is 0. The van der Waals surface area contributed by atoms with E-state index >= 15 is 0 Å². The van der Waals surface area contributed by atoms with Crippen LogP contribution in [0.2, 0.25) is 0 Å². The standard InChI is InChI=1S/C21H30N4.HI/c1-21(2,3)19-9-7-17(8-10-19)11-14-24-20(22-4)25-15-12-18-6-5-13-23-16-18;/h5-10,13,16H,11-12,14-15H2,1-4H3,(H2,22,24,25);1H. The summed E-state index contributed by atoms with van der Waals surface area (Å²) in [5, 5.41) is 6.72. The van der Waals surface area contributed by atoms with Crippen molar-refractivity contribution in [3.63, 3.8) is 0 Å². The molecule has 26 heavy (non-hydrogen) atoms. The van der Waals surface area contributed by atoms with Crippen molar-refractivity contribution in [2.75, 3.05) is 20.1 Å². The van der Waals surface area contributed by atoms with Crippen molar-refractivity contribution in [3.8, 4) is 0 Å². The molecule has 2 N–H and O–H groups in total. The molecule has 0 aliphatic heterocycles. The number of benzene rings is 1. The third-order valence-corrected chi connectivity index (χ3v) is 4.18. The highest BCUT2D eigenvalue weighted by atomic mass is 127. The van der Waals surface area contributed by atoms with Gasteiger partial charge in [-0.25, -0.2) is 0 Å². The number of aromatic nitrogens is 1. The van der Waals surface area contributed by atoms with Crippen LogP contribution in [0.5, 0.6) is 0 Å². The molecule has 0 saturated carbocycles. The Bertz CT molecular complexity index is 661. The van der Waals surface area contributed by atoms with Crippen molar-refractivity contribution in [2.45, 2.75) is 39.0 Å². The normalized spacial score (nSPS) is 11.6. The maximum absolute atomic E-state index is 4.28. The van der Waals surface area contributed by atoms with Crippen LogP contribution in [0.1, 0.15) is 37.5 Å². The van der Waals surface area contributed by atoms with Gasteiger partial charge in [0.1, 0.15) is 0 Å². The van der Waals surface area contributed by atoms with Crippen molar-refractivity contribution in [1.82, 2.24) is 15.6 Å². The fourth-order valence-corrected chi connectivity index (χ4v) is 2.59. The van der Waals surface area contributed by atoms with E-state index in [1.54, 1.807) is 13.2 Å². The molecule has 0 aliphatic carbocycles. The van der Waals surface area contributed by atoms with Crippen molar-refractivity contribution in [2.24, 2.45) is 4.99 Å². The van der Waals surface area contributed by atoms with Crippen LogP contribution in [-0.2, 0) is 18.3 Å². The minimum absolute atomic E-state index is 0. The summed E-state index contributed by atoms with van der Waals surface area (Å²) in [4.78, 5) is 8.41. The maximum atomic E-state index is 4.28. The highest BCUT2D eigenvalue weighted by Crippen LogP contribution is 2.22. The van der Waals surface area contributed by atoms with Gasteiger partial charge >= 0.3 is 0 Å². The first kappa shape index (κ1) is 22.4. The molecule has 1 heterocycles. The van der Waals surface area contributed by atoms with E-state index in [0.717, 1.165) is 31.9 Å². The largest absolute Gasteiger partial charge is 0.356 e. The number of aliphatic imine (C=N–C) groups is 1. The smallest absolute Gasteiger partial charge is 0.190 e. The van der Waals surface area contributed by atoms with E-state index in [-0.39, 0.29) is 29.4 Å². The first-order valence-corrected chi connectivity index (χ1v) is 8.92. The summed E-state index contributed by atoms with van der Waals surface area (Å²) in [5.74, 6) is 0.843. The van der Waals surface area contributed by atoms with Gasteiger partial charge in [0.25, 0.3) is 0 Å². The van der Waals surface area contributed by atoms with E-state index in [0.29, 0.717) is 0 Å². The van der Waals surface area contributed by atoms with E-state index in [4.69, 9.17) is 0 Å². The van der Waals surface area contributed by atoms with Gasteiger partial charge in [0, 0.05) is 32.5 Å². The minimum Gasteiger partial charge on any atom is -0.356 e. The van der Waals surface area contributed by atoms with Crippen LogP contribution < -0.4 is 10.6 Å². The van der Waals surface area contributed by atoms with Crippen molar-refractivity contribution in [3.05, 3.63) is 65.5 Å². The highest BCUT2D eigenvalue weighted by Gasteiger charge is 2.12. The Kier molecular flexibility index (Phi) is 9.62. The fraction of sp³-hybridized carbons (Fsp3) is 0.429. The monoisotopic (exact) mass is 466 g/mol.